The van der Waals surface area contributed by atoms with E-state index in [1.807, 2.05) is 48.5 Å². The number of hydrogen-bond donors (Lipinski definition) is 1. The van der Waals surface area contributed by atoms with Crippen molar-refractivity contribution in [2.75, 3.05) is 39.7 Å². The Morgan fingerprint density at radius 3 is 2.07 bits per heavy atom. The van der Waals surface area contributed by atoms with Crippen molar-refractivity contribution < 1.29 is 23.1 Å². The Morgan fingerprint density at radius 2 is 1.57 bits per heavy atom. The zero-order valence-electron chi connectivity index (χ0n) is 15.9. The monoisotopic (exact) mass is 404 g/mol. The Hall–Kier alpha value is -2.26. The second-order valence-corrected chi connectivity index (χ2v) is 8.58. The van der Waals surface area contributed by atoms with Crippen LogP contribution in [0.15, 0.2) is 53.7 Å². The van der Waals surface area contributed by atoms with Crippen LogP contribution < -0.4 is 0 Å². The molecule has 0 bridgehead atoms. The molecule has 0 radical (unpaired) electrons. The Balaban J connectivity index is 1.69. The number of fused-ring (bicyclic) bond motifs is 3. The van der Waals surface area contributed by atoms with Crippen LogP contribution in [0.25, 0.3) is 11.1 Å². The molecule has 2 aromatic carbocycles. The fourth-order valence-electron chi connectivity index (χ4n) is 3.15. The van der Waals surface area contributed by atoms with E-state index < -0.39 is 16.1 Å². The molecular weight excluding hydrogens is 380 g/mol. The molecule has 1 N–H and O–H groups in total. The standard InChI is InChI=1S/C20H24N2O5S/c1-26-12-11-22(28(2,24)25)13-15(23)14-27-21-20-18-9-5-3-7-16(18)17-8-4-6-10-19(17)20/h3-10,15,23H,11-14H2,1-2H3/t15-/m0/s1. The van der Waals surface area contributed by atoms with Gasteiger partial charge in [-0.05, 0) is 11.1 Å². The maximum absolute atomic E-state index is 11.8. The molecule has 0 aliphatic heterocycles. The first kappa shape index (κ1) is 20.5. The van der Waals surface area contributed by atoms with Gasteiger partial charge in [-0.15, -0.1) is 0 Å². The molecule has 0 spiro atoms. The van der Waals surface area contributed by atoms with Gasteiger partial charge >= 0.3 is 0 Å². The van der Waals surface area contributed by atoms with E-state index in [9.17, 15) is 13.5 Å². The van der Waals surface area contributed by atoms with Crippen LogP contribution >= 0.6 is 0 Å². The molecule has 0 amide bonds. The molecule has 2 aromatic rings. The van der Waals surface area contributed by atoms with E-state index >= 15 is 0 Å². The van der Waals surface area contributed by atoms with E-state index in [4.69, 9.17) is 9.57 Å². The van der Waals surface area contributed by atoms with Gasteiger partial charge in [0, 0.05) is 31.3 Å². The predicted octanol–water partition coefficient (Wildman–Crippen LogP) is 1.70. The van der Waals surface area contributed by atoms with Crippen molar-refractivity contribution in [2.45, 2.75) is 6.10 Å². The average molecular weight is 404 g/mol. The highest BCUT2D eigenvalue weighted by Gasteiger charge is 2.25. The molecule has 150 valence electrons. The summed E-state index contributed by atoms with van der Waals surface area (Å²) >= 11 is 0. The zero-order valence-corrected chi connectivity index (χ0v) is 16.7. The molecule has 0 saturated heterocycles. The van der Waals surface area contributed by atoms with Crippen LogP contribution in [0.3, 0.4) is 0 Å². The van der Waals surface area contributed by atoms with E-state index in [-0.39, 0.29) is 26.3 Å². The highest BCUT2D eigenvalue weighted by atomic mass is 32.2. The third kappa shape index (κ3) is 4.59. The van der Waals surface area contributed by atoms with E-state index in [0.29, 0.717) is 5.71 Å². The number of benzene rings is 2. The number of sulfonamides is 1. The lowest BCUT2D eigenvalue weighted by Gasteiger charge is -2.22. The normalized spacial score (nSPS) is 13.9. The Labute approximate surface area is 165 Å². The quantitative estimate of drug-likeness (QED) is 0.549. The molecule has 0 saturated carbocycles. The van der Waals surface area contributed by atoms with Crippen molar-refractivity contribution in [3.05, 3.63) is 59.7 Å². The van der Waals surface area contributed by atoms with E-state index in [1.54, 1.807) is 0 Å². The first-order chi connectivity index (χ1) is 13.4. The third-order valence-electron chi connectivity index (χ3n) is 4.51. The summed E-state index contributed by atoms with van der Waals surface area (Å²) in [6.45, 7) is 0.214. The van der Waals surface area contributed by atoms with E-state index in [0.717, 1.165) is 32.8 Å². The number of aliphatic hydroxyl groups excluding tert-OH is 1. The van der Waals surface area contributed by atoms with Crippen molar-refractivity contribution in [3.63, 3.8) is 0 Å². The Morgan fingerprint density at radius 1 is 1.04 bits per heavy atom. The zero-order chi connectivity index (χ0) is 20.1. The van der Waals surface area contributed by atoms with Crippen LogP contribution in [0.5, 0.6) is 0 Å². The summed E-state index contributed by atoms with van der Waals surface area (Å²) in [6.07, 6.45) is 0.0888. The van der Waals surface area contributed by atoms with Gasteiger partial charge in [0.05, 0.1) is 12.9 Å². The number of oxime groups is 1. The lowest BCUT2D eigenvalue weighted by atomic mass is 10.1. The SMILES string of the molecule is COCCN(C[C@H](O)CON=C1c2ccccc2-c2ccccc21)S(C)(=O)=O. The average Bonchev–Trinajstić information content (AvgIpc) is 2.98. The number of rotatable bonds is 9. The highest BCUT2D eigenvalue weighted by molar-refractivity contribution is 7.88. The molecule has 0 aromatic heterocycles. The van der Waals surface area contributed by atoms with Gasteiger partial charge in [-0.2, -0.15) is 4.31 Å². The molecule has 0 heterocycles. The number of ether oxygens (including phenoxy) is 1. The summed E-state index contributed by atoms with van der Waals surface area (Å²) in [5, 5.41) is 14.4. The first-order valence-electron chi connectivity index (χ1n) is 8.93. The second-order valence-electron chi connectivity index (χ2n) is 6.59. The molecule has 7 nitrogen and oxygen atoms in total. The Kier molecular flexibility index (Phi) is 6.46. The highest BCUT2D eigenvalue weighted by Crippen LogP contribution is 2.36. The fourth-order valence-corrected chi connectivity index (χ4v) is 4.00. The minimum Gasteiger partial charge on any atom is -0.392 e. The van der Waals surface area contributed by atoms with Crippen molar-refractivity contribution >= 4 is 15.7 Å². The van der Waals surface area contributed by atoms with Gasteiger partial charge in [0.25, 0.3) is 0 Å². The van der Waals surface area contributed by atoms with Crippen LogP contribution in [-0.4, -0.2) is 69.3 Å². The summed E-state index contributed by atoms with van der Waals surface area (Å²) in [5.41, 5.74) is 4.82. The number of hydrogen-bond acceptors (Lipinski definition) is 6. The molecule has 0 fully saturated rings. The summed E-state index contributed by atoms with van der Waals surface area (Å²) in [6, 6.07) is 15.8. The molecule has 1 aliphatic rings. The van der Waals surface area contributed by atoms with Gasteiger partial charge in [-0.3, -0.25) is 0 Å². The fraction of sp³-hybridized carbons (Fsp3) is 0.350. The maximum atomic E-state index is 11.8. The van der Waals surface area contributed by atoms with Gasteiger partial charge in [-0.25, -0.2) is 8.42 Å². The largest absolute Gasteiger partial charge is 0.392 e. The first-order valence-corrected chi connectivity index (χ1v) is 10.8. The van der Waals surface area contributed by atoms with E-state index in [2.05, 4.69) is 5.16 Å². The maximum Gasteiger partial charge on any atom is 0.211 e. The smallest absolute Gasteiger partial charge is 0.211 e. The lowest BCUT2D eigenvalue weighted by Crippen LogP contribution is -2.40. The minimum atomic E-state index is -3.45. The van der Waals surface area contributed by atoms with Crippen LogP contribution in [0.4, 0.5) is 0 Å². The topological polar surface area (TPSA) is 88.4 Å². The van der Waals surface area contributed by atoms with Crippen LogP contribution in [-0.2, 0) is 19.6 Å². The summed E-state index contributed by atoms with van der Waals surface area (Å²) in [7, 11) is -1.96. The molecule has 28 heavy (non-hydrogen) atoms. The van der Waals surface area contributed by atoms with E-state index in [1.165, 1.54) is 7.11 Å². The molecule has 1 aliphatic carbocycles. The second kappa shape index (κ2) is 8.83. The molecular formula is C20H24N2O5S. The molecule has 8 heteroatoms. The van der Waals surface area contributed by atoms with Crippen LogP contribution in [0.2, 0.25) is 0 Å². The third-order valence-corrected chi connectivity index (χ3v) is 5.78. The van der Waals surface area contributed by atoms with Crippen molar-refractivity contribution in [2.24, 2.45) is 5.16 Å². The molecule has 0 unspecified atom stereocenters. The van der Waals surface area contributed by atoms with Gasteiger partial charge in [0.2, 0.25) is 10.0 Å². The van der Waals surface area contributed by atoms with Crippen LogP contribution in [0.1, 0.15) is 11.1 Å². The van der Waals surface area contributed by atoms with Crippen molar-refractivity contribution in [1.82, 2.24) is 4.31 Å². The summed E-state index contributed by atoms with van der Waals surface area (Å²) in [4.78, 5) is 5.40. The number of methoxy groups -OCH3 is 1. The summed E-state index contributed by atoms with van der Waals surface area (Å²) < 4.78 is 29.7. The van der Waals surface area contributed by atoms with Crippen molar-refractivity contribution in [1.29, 1.82) is 0 Å². The van der Waals surface area contributed by atoms with Gasteiger partial charge < -0.3 is 14.7 Å². The van der Waals surface area contributed by atoms with Crippen LogP contribution in [0, 0.1) is 0 Å². The summed E-state index contributed by atoms with van der Waals surface area (Å²) in [5.74, 6) is 0. The number of aliphatic hydroxyl groups is 1. The minimum absolute atomic E-state index is 0.0831. The van der Waals surface area contributed by atoms with Gasteiger partial charge in [0.1, 0.15) is 18.4 Å². The van der Waals surface area contributed by atoms with Gasteiger partial charge in [-0.1, -0.05) is 53.7 Å². The lowest BCUT2D eigenvalue weighted by molar-refractivity contribution is 0.0286. The van der Waals surface area contributed by atoms with Gasteiger partial charge in [0.15, 0.2) is 0 Å². The van der Waals surface area contributed by atoms with Crippen molar-refractivity contribution in [3.8, 4) is 11.1 Å². The predicted molar refractivity (Wildman–Crippen MR) is 108 cm³/mol. The molecule has 1 atom stereocenters. The Bertz CT molecular complexity index is 911. The molecule has 3 rings (SSSR count). The number of nitrogens with zero attached hydrogens (tertiary/aromatic N) is 2.